The van der Waals surface area contributed by atoms with Gasteiger partial charge < -0.3 is 16.0 Å². The first-order chi connectivity index (χ1) is 12.8. The summed E-state index contributed by atoms with van der Waals surface area (Å²) in [7, 11) is 0. The number of pyridine rings is 1. The van der Waals surface area contributed by atoms with Crippen LogP contribution in [0.15, 0.2) is 42.5 Å². The summed E-state index contributed by atoms with van der Waals surface area (Å²) in [5, 5.41) is 3.26. The van der Waals surface area contributed by atoms with Crippen molar-refractivity contribution in [3.8, 4) is 11.3 Å². The number of carbonyl (C=O) groups excluding carboxylic acids is 1. The first kappa shape index (κ1) is 19.4. The van der Waals surface area contributed by atoms with Crippen LogP contribution >= 0.6 is 0 Å². The lowest BCUT2D eigenvalue weighted by Gasteiger charge is -2.34. The summed E-state index contributed by atoms with van der Waals surface area (Å²) in [6.07, 6.45) is 2.50. The topological polar surface area (TPSA) is 71.2 Å². The van der Waals surface area contributed by atoms with Gasteiger partial charge in [0.15, 0.2) is 0 Å². The van der Waals surface area contributed by atoms with Crippen molar-refractivity contribution in [3.63, 3.8) is 0 Å². The molecule has 0 unspecified atom stereocenters. The van der Waals surface area contributed by atoms with E-state index in [0.29, 0.717) is 11.4 Å². The van der Waals surface area contributed by atoms with Gasteiger partial charge in [-0.05, 0) is 55.6 Å². The molecule has 0 spiro atoms. The van der Waals surface area contributed by atoms with E-state index in [-0.39, 0.29) is 17.4 Å². The minimum Gasteiger partial charge on any atom is -0.384 e. The van der Waals surface area contributed by atoms with Crippen molar-refractivity contribution >= 4 is 11.7 Å². The molecule has 1 saturated heterocycles. The number of nitrogens with two attached hydrogens (primary N) is 1. The van der Waals surface area contributed by atoms with Crippen LogP contribution in [0.1, 0.15) is 44.0 Å². The van der Waals surface area contributed by atoms with E-state index in [0.717, 1.165) is 30.9 Å². The van der Waals surface area contributed by atoms with E-state index in [1.807, 2.05) is 36.4 Å². The third kappa shape index (κ3) is 5.07. The van der Waals surface area contributed by atoms with E-state index in [1.165, 1.54) is 12.8 Å². The molecule has 1 aromatic carbocycles. The average molecular weight is 367 g/mol. The number of amides is 1. The van der Waals surface area contributed by atoms with Gasteiger partial charge in [-0.3, -0.25) is 4.79 Å². The van der Waals surface area contributed by atoms with Crippen LogP contribution in [0.5, 0.6) is 0 Å². The van der Waals surface area contributed by atoms with E-state index in [4.69, 9.17) is 5.73 Å². The maximum Gasteiger partial charge on any atom is 0.251 e. The number of nitrogen functional groups attached to an aromatic ring is 1. The molecule has 1 amide bonds. The third-order valence-corrected chi connectivity index (χ3v) is 5.18. The standard InChI is InChI=1S/C22H30N4O/c1-22(2,3)19(15-26-12-4-5-13-26)25-21(27)17-9-6-8-16(14-17)18-10-7-11-20(23)24-18/h6-11,14,19H,4-5,12-13,15H2,1-3H3,(H2,23,24)(H,25,27)/t19-/m1/s1. The minimum absolute atomic E-state index is 0.00863. The van der Waals surface area contributed by atoms with Gasteiger partial charge in [0, 0.05) is 23.7 Å². The van der Waals surface area contributed by atoms with Crippen molar-refractivity contribution in [2.75, 3.05) is 25.4 Å². The van der Waals surface area contributed by atoms with Crippen LogP contribution in [-0.2, 0) is 0 Å². The zero-order valence-corrected chi connectivity index (χ0v) is 16.5. The van der Waals surface area contributed by atoms with E-state index < -0.39 is 0 Å². The van der Waals surface area contributed by atoms with E-state index in [1.54, 1.807) is 6.07 Å². The highest BCUT2D eigenvalue weighted by atomic mass is 16.1. The number of nitrogens with one attached hydrogen (secondary N) is 1. The lowest BCUT2D eigenvalue weighted by atomic mass is 9.86. The summed E-state index contributed by atoms with van der Waals surface area (Å²) < 4.78 is 0. The molecule has 3 rings (SSSR count). The van der Waals surface area contributed by atoms with Crippen LogP contribution in [0, 0.1) is 5.41 Å². The number of aromatic nitrogens is 1. The molecule has 0 aliphatic carbocycles. The highest BCUT2D eigenvalue weighted by molar-refractivity contribution is 5.95. The fraction of sp³-hybridized carbons (Fsp3) is 0.455. The second kappa shape index (κ2) is 8.09. The Labute approximate surface area is 162 Å². The zero-order chi connectivity index (χ0) is 19.4. The molecule has 2 aromatic rings. The molecular weight excluding hydrogens is 336 g/mol. The Morgan fingerprint density at radius 1 is 1.19 bits per heavy atom. The lowest BCUT2D eigenvalue weighted by molar-refractivity contribution is 0.0878. The Bertz CT molecular complexity index is 791. The molecule has 5 nitrogen and oxygen atoms in total. The highest BCUT2D eigenvalue weighted by Gasteiger charge is 2.29. The molecular formula is C22H30N4O. The Kier molecular flexibility index (Phi) is 5.80. The molecule has 5 heteroatoms. The molecule has 2 heterocycles. The summed E-state index contributed by atoms with van der Waals surface area (Å²) in [6.45, 7) is 9.69. The Morgan fingerprint density at radius 3 is 2.56 bits per heavy atom. The first-order valence-corrected chi connectivity index (χ1v) is 9.69. The van der Waals surface area contributed by atoms with Crippen LogP contribution in [0.2, 0.25) is 0 Å². The van der Waals surface area contributed by atoms with Crippen LogP contribution in [-0.4, -0.2) is 41.5 Å². The molecule has 0 radical (unpaired) electrons. The zero-order valence-electron chi connectivity index (χ0n) is 16.5. The molecule has 3 N–H and O–H groups in total. The molecule has 0 bridgehead atoms. The second-order valence-electron chi connectivity index (χ2n) is 8.43. The predicted molar refractivity (Wildman–Crippen MR) is 110 cm³/mol. The summed E-state index contributed by atoms with van der Waals surface area (Å²) >= 11 is 0. The van der Waals surface area contributed by atoms with Crippen LogP contribution in [0.25, 0.3) is 11.3 Å². The van der Waals surface area contributed by atoms with Crippen LogP contribution in [0.3, 0.4) is 0 Å². The van der Waals surface area contributed by atoms with Gasteiger partial charge >= 0.3 is 0 Å². The second-order valence-corrected chi connectivity index (χ2v) is 8.43. The third-order valence-electron chi connectivity index (χ3n) is 5.18. The van der Waals surface area contributed by atoms with Crippen molar-refractivity contribution in [1.82, 2.24) is 15.2 Å². The minimum atomic E-state index is -0.0418. The van der Waals surface area contributed by atoms with Gasteiger partial charge in [-0.15, -0.1) is 0 Å². The fourth-order valence-corrected chi connectivity index (χ4v) is 3.43. The highest BCUT2D eigenvalue weighted by Crippen LogP contribution is 2.23. The van der Waals surface area contributed by atoms with Crippen molar-refractivity contribution in [2.24, 2.45) is 5.41 Å². The number of carbonyl (C=O) groups is 1. The monoisotopic (exact) mass is 366 g/mol. The summed E-state index contributed by atoms with van der Waals surface area (Å²) in [5.41, 5.74) is 8.09. The van der Waals surface area contributed by atoms with Gasteiger partial charge in [0.05, 0.1) is 5.69 Å². The normalized spacial score (nSPS) is 16.3. The SMILES string of the molecule is CC(C)(C)[C@@H](CN1CCCC1)NC(=O)c1cccc(-c2cccc(N)n2)c1. The smallest absolute Gasteiger partial charge is 0.251 e. The lowest BCUT2D eigenvalue weighted by Crippen LogP contribution is -2.50. The molecule has 1 fully saturated rings. The Balaban J connectivity index is 1.76. The number of hydrogen-bond donors (Lipinski definition) is 2. The van der Waals surface area contributed by atoms with Crippen LogP contribution in [0.4, 0.5) is 5.82 Å². The number of anilines is 1. The summed E-state index contributed by atoms with van der Waals surface area (Å²) in [5.74, 6) is 0.431. The summed E-state index contributed by atoms with van der Waals surface area (Å²) in [4.78, 5) is 19.8. The number of benzene rings is 1. The Hall–Kier alpha value is -2.40. The number of hydrogen-bond acceptors (Lipinski definition) is 4. The average Bonchev–Trinajstić information content (AvgIpc) is 3.13. The number of rotatable bonds is 5. The molecule has 1 aliphatic rings. The van der Waals surface area contributed by atoms with Gasteiger partial charge in [0.25, 0.3) is 5.91 Å². The van der Waals surface area contributed by atoms with Crippen LogP contribution < -0.4 is 11.1 Å². The van der Waals surface area contributed by atoms with Gasteiger partial charge in [-0.25, -0.2) is 4.98 Å². The van der Waals surface area contributed by atoms with E-state index >= 15 is 0 Å². The van der Waals surface area contributed by atoms with Gasteiger partial charge in [-0.2, -0.15) is 0 Å². The van der Waals surface area contributed by atoms with Gasteiger partial charge in [0.2, 0.25) is 0 Å². The van der Waals surface area contributed by atoms with E-state index in [9.17, 15) is 4.79 Å². The van der Waals surface area contributed by atoms with Crippen molar-refractivity contribution in [1.29, 1.82) is 0 Å². The molecule has 1 aliphatic heterocycles. The van der Waals surface area contributed by atoms with Gasteiger partial charge in [0.1, 0.15) is 5.82 Å². The molecule has 144 valence electrons. The number of likely N-dealkylation sites (tertiary alicyclic amines) is 1. The first-order valence-electron chi connectivity index (χ1n) is 9.69. The maximum absolute atomic E-state index is 13.0. The van der Waals surface area contributed by atoms with Crippen molar-refractivity contribution in [3.05, 3.63) is 48.0 Å². The summed E-state index contributed by atoms with van der Waals surface area (Å²) in [6, 6.07) is 13.2. The molecule has 1 aromatic heterocycles. The Morgan fingerprint density at radius 2 is 1.89 bits per heavy atom. The molecule has 0 saturated carbocycles. The maximum atomic E-state index is 13.0. The van der Waals surface area contributed by atoms with E-state index in [2.05, 4.69) is 36.0 Å². The van der Waals surface area contributed by atoms with Gasteiger partial charge in [-0.1, -0.05) is 39.0 Å². The largest absolute Gasteiger partial charge is 0.384 e. The van der Waals surface area contributed by atoms with Crippen molar-refractivity contribution in [2.45, 2.75) is 39.7 Å². The predicted octanol–water partition coefficient (Wildman–Crippen LogP) is 3.57. The molecule has 1 atom stereocenters. The fourth-order valence-electron chi connectivity index (χ4n) is 3.43. The molecule has 27 heavy (non-hydrogen) atoms. The number of nitrogens with zero attached hydrogens (tertiary/aromatic N) is 2. The van der Waals surface area contributed by atoms with Crippen molar-refractivity contribution < 1.29 is 4.79 Å². The quantitative estimate of drug-likeness (QED) is 0.849.